The number of amides is 3. The molecule has 4 rings (SSSR count). The SMILES string of the molecule is CC(=O)N(CC1CCCN1C(=O)CN1CCCC(NS(=O)(=O)c2ccc(-c3ccc(Cl)s3)s2)C1=O)C(C)C. The Bertz CT molecular complexity index is 1290. The van der Waals surface area contributed by atoms with Gasteiger partial charge < -0.3 is 14.7 Å². The Morgan fingerprint density at radius 3 is 2.45 bits per heavy atom. The second-order valence-corrected chi connectivity index (χ2v) is 14.7. The van der Waals surface area contributed by atoms with Crippen LogP contribution in [0.2, 0.25) is 4.34 Å². The van der Waals surface area contributed by atoms with E-state index in [-0.39, 0.29) is 34.7 Å². The number of nitrogens with one attached hydrogen (secondary N) is 1. The molecule has 4 heterocycles. The minimum absolute atomic E-state index is 0.0299. The Hall–Kier alpha value is -1.99. The van der Waals surface area contributed by atoms with Gasteiger partial charge in [0.05, 0.1) is 10.9 Å². The van der Waals surface area contributed by atoms with Crippen molar-refractivity contribution in [2.75, 3.05) is 26.2 Å². The molecule has 38 heavy (non-hydrogen) atoms. The average Bonchev–Trinajstić information content (AvgIpc) is 3.60. The van der Waals surface area contributed by atoms with Gasteiger partial charge in [0.15, 0.2) is 0 Å². The second-order valence-electron chi connectivity index (χ2n) is 9.95. The molecule has 208 valence electrons. The summed E-state index contributed by atoms with van der Waals surface area (Å²) >= 11 is 8.49. The van der Waals surface area contributed by atoms with Gasteiger partial charge in [-0.1, -0.05) is 11.6 Å². The zero-order chi connectivity index (χ0) is 27.6. The fourth-order valence-corrected chi connectivity index (χ4v) is 8.71. The predicted octanol–water partition coefficient (Wildman–Crippen LogP) is 3.65. The summed E-state index contributed by atoms with van der Waals surface area (Å²) in [6.07, 6.45) is 2.61. The van der Waals surface area contributed by atoms with E-state index in [4.69, 9.17) is 11.6 Å². The molecule has 2 aromatic heterocycles. The molecule has 1 N–H and O–H groups in total. The molecule has 0 saturated carbocycles. The van der Waals surface area contributed by atoms with Crippen LogP contribution in [-0.4, -0.2) is 85.1 Å². The van der Waals surface area contributed by atoms with Crippen LogP contribution in [0, 0.1) is 0 Å². The van der Waals surface area contributed by atoms with E-state index in [0.29, 0.717) is 36.8 Å². The highest BCUT2D eigenvalue weighted by Gasteiger charge is 2.37. The summed E-state index contributed by atoms with van der Waals surface area (Å²) in [5, 5.41) is 0. The molecule has 0 radical (unpaired) electrons. The fourth-order valence-electron chi connectivity index (χ4n) is 5.03. The molecule has 0 bridgehead atoms. The molecule has 2 aliphatic heterocycles. The first-order valence-electron chi connectivity index (χ1n) is 12.7. The topological polar surface area (TPSA) is 107 Å². The molecule has 2 aromatic rings. The number of thiophene rings is 2. The lowest BCUT2D eigenvalue weighted by molar-refractivity contribution is -0.144. The summed E-state index contributed by atoms with van der Waals surface area (Å²) in [6.45, 7) is 6.78. The lowest BCUT2D eigenvalue weighted by Crippen LogP contribution is -2.55. The Morgan fingerprint density at radius 2 is 1.79 bits per heavy atom. The molecule has 13 heteroatoms. The van der Waals surface area contributed by atoms with Gasteiger partial charge in [-0.2, -0.15) is 4.72 Å². The van der Waals surface area contributed by atoms with Crippen LogP contribution in [0.15, 0.2) is 28.5 Å². The van der Waals surface area contributed by atoms with Crippen molar-refractivity contribution in [3.8, 4) is 9.75 Å². The van der Waals surface area contributed by atoms with Gasteiger partial charge in [-0.25, -0.2) is 8.42 Å². The van der Waals surface area contributed by atoms with E-state index >= 15 is 0 Å². The number of nitrogens with zero attached hydrogens (tertiary/aromatic N) is 3. The highest BCUT2D eigenvalue weighted by molar-refractivity contribution is 7.91. The van der Waals surface area contributed by atoms with E-state index in [1.807, 2.05) is 19.9 Å². The van der Waals surface area contributed by atoms with E-state index < -0.39 is 22.0 Å². The first-order valence-corrected chi connectivity index (χ1v) is 16.2. The summed E-state index contributed by atoms with van der Waals surface area (Å²) in [4.78, 5) is 45.1. The van der Waals surface area contributed by atoms with Gasteiger partial charge in [-0.3, -0.25) is 14.4 Å². The molecule has 2 aliphatic rings. The van der Waals surface area contributed by atoms with Crippen molar-refractivity contribution in [2.45, 2.75) is 68.8 Å². The Balaban J connectivity index is 1.39. The third kappa shape index (κ3) is 6.59. The Labute approximate surface area is 236 Å². The lowest BCUT2D eigenvalue weighted by atomic mass is 10.1. The van der Waals surface area contributed by atoms with Crippen LogP contribution >= 0.6 is 34.3 Å². The summed E-state index contributed by atoms with van der Waals surface area (Å²) < 4.78 is 29.5. The van der Waals surface area contributed by atoms with Crippen molar-refractivity contribution in [3.63, 3.8) is 0 Å². The van der Waals surface area contributed by atoms with Crippen LogP contribution in [0.1, 0.15) is 46.5 Å². The van der Waals surface area contributed by atoms with Gasteiger partial charge in [0.1, 0.15) is 10.3 Å². The van der Waals surface area contributed by atoms with Gasteiger partial charge in [0, 0.05) is 48.4 Å². The Morgan fingerprint density at radius 1 is 1.11 bits per heavy atom. The van der Waals surface area contributed by atoms with Gasteiger partial charge in [0.25, 0.3) is 10.0 Å². The van der Waals surface area contributed by atoms with Crippen LogP contribution in [0.25, 0.3) is 9.75 Å². The molecule has 2 atom stereocenters. The maximum Gasteiger partial charge on any atom is 0.250 e. The molecule has 0 spiro atoms. The average molecular weight is 601 g/mol. The van der Waals surface area contributed by atoms with Crippen LogP contribution < -0.4 is 4.72 Å². The third-order valence-corrected chi connectivity index (χ3v) is 11.4. The van der Waals surface area contributed by atoms with E-state index in [9.17, 15) is 22.8 Å². The van der Waals surface area contributed by atoms with Crippen LogP contribution in [-0.2, 0) is 24.4 Å². The largest absolute Gasteiger partial charge is 0.338 e. The second kappa shape index (κ2) is 12.0. The van der Waals surface area contributed by atoms with E-state index in [2.05, 4.69) is 4.72 Å². The minimum Gasteiger partial charge on any atom is -0.338 e. The molecule has 0 aliphatic carbocycles. The van der Waals surface area contributed by atoms with Crippen molar-refractivity contribution < 1.29 is 22.8 Å². The minimum atomic E-state index is -3.92. The number of halogens is 1. The van der Waals surface area contributed by atoms with Crippen molar-refractivity contribution in [1.29, 1.82) is 0 Å². The van der Waals surface area contributed by atoms with Crippen molar-refractivity contribution in [1.82, 2.24) is 19.4 Å². The number of sulfonamides is 1. The maximum atomic E-state index is 13.2. The smallest absolute Gasteiger partial charge is 0.250 e. The highest BCUT2D eigenvalue weighted by Crippen LogP contribution is 2.37. The van der Waals surface area contributed by atoms with Crippen molar-refractivity contribution in [2.24, 2.45) is 0 Å². The first kappa shape index (κ1) is 29.0. The normalized spacial score (nSPS) is 20.4. The lowest BCUT2D eigenvalue weighted by Gasteiger charge is -2.36. The highest BCUT2D eigenvalue weighted by atomic mass is 35.5. The van der Waals surface area contributed by atoms with Gasteiger partial charge >= 0.3 is 0 Å². The molecule has 2 saturated heterocycles. The van der Waals surface area contributed by atoms with Gasteiger partial charge in [0.2, 0.25) is 17.7 Å². The summed E-state index contributed by atoms with van der Waals surface area (Å²) in [6, 6.07) is 5.88. The molecule has 2 unspecified atom stereocenters. The predicted molar refractivity (Wildman–Crippen MR) is 150 cm³/mol. The van der Waals surface area contributed by atoms with E-state index in [0.717, 1.165) is 33.9 Å². The summed E-state index contributed by atoms with van der Waals surface area (Å²) in [5.41, 5.74) is 0. The third-order valence-electron chi connectivity index (χ3n) is 6.95. The number of piperidine rings is 1. The number of carbonyl (C=O) groups excluding carboxylic acids is 3. The molecule has 2 fully saturated rings. The maximum absolute atomic E-state index is 13.2. The number of hydrogen-bond donors (Lipinski definition) is 1. The van der Waals surface area contributed by atoms with Crippen LogP contribution in [0.4, 0.5) is 0 Å². The molecule has 3 amide bonds. The fraction of sp³-hybridized carbons (Fsp3) is 0.560. The Kier molecular flexibility index (Phi) is 9.18. The van der Waals surface area contributed by atoms with Crippen molar-refractivity contribution in [3.05, 3.63) is 28.6 Å². The quantitative estimate of drug-likeness (QED) is 0.473. The zero-order valence-corrected chi connectivity index (χ0v) is 24.9. The van der Waals surface area contributed by atoms with E-state index in [1.54, 1.807) is 21.9 Å². The number of rotatable bonds is 9. The molecule has 0 aromatic carbocycles. The molecule has 9 nitrogen and oxygen atoms in total. The van der Waals surface area contributed by atoms with Gasteiger partial charge in [-0.05, 0) is 63.8 Å². The zero-order valence-electron chi connectivity index (χ0n) is 21.7. The van der Waals surface area contributed by atoms with Gasteiger partial charge in [-0.15, -0.1) is 22.7 Å². The first-order chi connectivity index (χ1) is 18.0. The van der Waals surface area contributed by atoms with Crippen LogP contribution in [0.3, 0.4) is 0 Å². The summed E-state index contributed by atoms with van der Waals surface area (Å²) in [7, 11) is -3.92. The monoisotopic (exact) mass is 600 g/mol. The molecular weight excluding hydrogens is 568 g/mol. The molecular formula is C25H33ClN4O5S3. The number of likely N-dealkylation sites (tertiary alicyclic amines) is 2. The number of hydrogen-bond acceptors (Lipinski definition) is 7. The number of carbonyl (C=O) groups is 3. The van der Waals surface area contributed by atoms with Crippen molar-refractivity contribution >= 4 is 62.0 Å². The van der Waals surface area contributed by atoms with Crippen LogP contribution in [0.5, 0.6) is 0 Å². The standard InChI is InChI=1S/C25H33ClN4O5S3/c1-16(2)30(17(3)31)14-18-6-4-13-29(18)23(32)15-28-12-5-7-19(25(28)33)27-38(34,35)24-11-9-21(37-24)20-8-10-22(26)36-20/h8-11,16,18-19,27H,4-7,12-15H2,1-3H3. The van der Waals surface area contributed by atoms with E-state index in [1.165, 1.54) is 29.2 Å². The summed E-state index contributed by atoms with van der Waals surface area (Å²) in [5.74, 6) is -0.593.